The van der Waals surface area contributed by atoms with E-state index in [1.165, 1.54) is 23.5 Å². The number of H-pyrrole nitrogens is 1. The lowest BCUT2D eigenvalue weighted by molar-refractivity contribution is -0.150. The van der Waals surface area contributed by atoms with Gasteiger partial charge in [-0.05, 0) is 24.3 Å². The van der Waals surface area contributed by atoms with Crippen molar-refractivity contribution in [1.82, 2.24) is 25.4 Å². The number of aryl methyl sites for hydroxylation is 1. The fraction of sp³-hybridized carbons (Fsp3) is 0.500. The van der Waals surface area contributed by atoms with Crippen molar-refractivity contribution in [3.05, 3.63) is 17.1 Å². The van der Waals surface area contributed by atoms with E-state index in [2.05, 4.69) is 20.5 Å². The molecule has 3 rings (SSSR count). The molecule has 1 fully saturated rings. The summed E-state index contributed by atoms with van der Waals surface area (Å²) in [5, 5.41) is 18.2. The zero-order valence-electron chi connectivity index (χ0n) is 14.6. The van der Waals surface area contributed by atoms with E-state index < -0.39 is 52.2 Å². The number of rotatable bonds is 7. The van der Waals surface area contributed by atoms with Crippen molar-refractivity contribution < 1.29 is 32.7 Å². The van der Waals surface area contributed by atoms with Gasteiger partial charge in [-0.15, -0.1) is 16.9 Å². The number of alkyl halides is 3. The smallest absolute Gasteiger partial charge is 0.442 e. The monoisotopic (exact) mass is 469 g/mol. The predicted molar refractivity (Wildman–Crippen MR) is 100 cm³/mol. The normalized spacial score (nSPS) is 21.7. The van der Waals surface area contributed by atoms with Crippen molar-refractivity contribution in [3.63, 3.8) is 0 Å². The van der Waals surface area contributed by atoms with Crippen molar-refractivity contribution in [2.45, 2.75) is 29.0 Å². The van der Waals surface area contributed by atoms with Crippen molar-refractivity contribution in [3.8, 4) is 0 Å². The van der Waals surface area contributed by atoms with Gasteiger partial charge in [0.1, 0.15) is 22.9 Å². The summed E-state index contributed by atoms with van der Waals surface area (Å²) in [6, 6.07) is -1.06. The van der Waals surface area contributed by atoms with Gasteiger partial charge < -0.3 is 10.4 Å². The van der Waals surface area contributed by atoms with Gasteiger partial charge in [-0.1, -0.05) is 11.8 Å². The number of amides is 2. The van der Waals surface area contributed by atoms with Crippen LogP contribution >= 0.6 is 35.3 Å². The molecule has 3 heterocycles. The second-order valence-electron chi connectivity index (χ2n) is 5.94. The van der Waals surface area contributed by atoms with E-state index in [9.17, 15) is 32.7 Å². The number of carbonyl (C=O) groups excluding carboxylic acids is 2. The molecule has 0 saturated carbocycles. The van der Waals surface area contributed by atoms with Crippen LogP contribution in [0, 0.1) is 6.92 Å². The number of halogens is 3. The zero-order valence-corrected chi connectivity index (χ0v) is 17.1. The van der Waals surface area contributed by atoms with Crippen molar-refractivity contribution in [2.75, 3.05) is 17.3 Å². The summed E-state index contributed by atoms with van der Waals surface area (Å²) in [5.41, 5.74) is -4.23. The van der Waals surface area contributed by atoms with Gasteiger partial charge in [-0.2, -0.15) is 13.2 Å². The molecule has 2 atom stereocenters. The highest BCUT2D eigenvalue weighted by molar-refractivity contribution is 8.01. The van der Waals surface area contributed by atoms with Crippen LogP contribution in [0.15, 0.2) is 16.4 Å². The molecule has 1 unspecified atom stereocenters. The van der Waals surface area contributed by atoms with E-state index in [-0.39, 0.29) is 17.2 Å². The standard InChI is InChI=1S/C14H14F3N5O4S3/c1-5-18-13(21-20-5)28-3-6-2-27-11-8(10(24)22(11)9(6)12(25)26)19-7(23)4-29-14(15,16)17/h8,11H,2-4H2,1H3,(H,19,23)(H,25,26)(H,18,20,21)/t8?,11-/m1/s1. The maximum atomic E-state index is 12.4. The van der Waals surface area contributed by atoms with Crippen LogP contribution in [0.1, 0.15) is 5.82 Å². The largest absolute Gasteiger partial charge is 0.477 e. The number of aromatic nitrogens is 3. The Morgan fingerprint density at radius 2 is 2.17 bits per heavy atom. The van der Waals surface area contributed by atoms with Crippen molar-refractivity contribution in [2.24, 2.45) is 0 Å². The van der Waals surface area contributed by atoms with E-state index in [0.717, 1.165) is 4.90 Å². The summed E-state index contributed by atoms with van der Waals surface area (Å²) in [6.45, 7) is 1.72. The number of aliphatic carboxylic acids is 1. The SMILES string of the molecule is Cc1nc(SCC2=C(C(=O)O)N3C(=O)C(NC(=O)CSC(F)(F)F)[C@H]3SC2)n[nH]1. The number of carboxylic acids is 1. The summed E-state index contributed by atoms with van der Waals surface area (Å²) in [7, 11) is 0. The van der Waals surface area contributed by atoms with Crippen LogP contribution in [0.4, 0.5) is 13.2 Å². The fourth-order valence-corrected chi connectivity index (χ4v) is 5.40. The molecule has 0 aromatic carbocycles. The number of carboxylic acid groups (broad SMARTS) is 1. The van der Waals surface area contributed by atoms with Crippen molar-refractivity contribution in [1.29, 1.82) is 0 Å². The average molecular weight is 469 g/mol. The van der Waals surface area contributed by atoms with Gasteiger partial charge in [0.05, 0.1) is 5.75 Å². The van der Waals surface area contributed by atoms with Gasteiger partial charge in [0.25, 0.3) is 5.91 Å². The highest BCUT2D eigenvalue weighted by Crippen LogP contribution is 2.41. The molecule has 1 saturated heterocycles. The van der Waals surface area contributed by atoms with E-state index in [1.807, 2.05) is 0 Å². The van der Waals surface area contributed by atoms with Crippen LogP contribution in [0.5, 0.6) is 0 Å². The van der Waals surface area contributed by atoms with Crippen LogP contribution in [-0.2, 0) is 14.4 Å². The quantitative estimate of drug-likeness (QED) is 0.399. The Balaban J connectivity index is 1.66. The Morgan fingerprint density at radius 1 is 1.45 bits per heavy atom. The lowest BCUT2D eigenvalue weighted by Crippen LogP contribution is -2.70. The third-order valence-corrected chi connectivity index (χ3v) is 6.89. The number of nitrogens with zero attached hydrogens (tertiary/aromatic N) is 3. The second-order valence-corrected chi connectivity index (χ2v) is 9.03. The van der Waals surface area contributed by atoms with Gasteiger partial charge in [0.2, 0.25) is 11.1 Å². The van der Waals surface area contributed by atoms with E-state index in [0.29, 0.717) is 16.6 Å². The molecule has 0 radical (unpaired) electrons. The molecule has 2 aliphatic rings. The zero-order chi connectivity index (χ0) is 21.3. The third-order valence-electron chi connectivity index (χ3n) is 3.89. The van der Waals surface area contributed by atoms with E-state index in [1.54, 1.807) is 6.92 Å². The number of thioether (sulfide) groups is 3. The van der Waals surface area contributed by atoms with E-state index in [4.69, 9.17) is 0 Å². The summed E-state index contributed by atoms with van der Waals surface area (Å²) >= 11 is 1.95. The van der Waals surface area contributed by atoms with Gasteiger partial charge in [-0.25, -0.2) is 9.78 Å². The van der Waals surface area contributed by atoms with Gasteiger partial charge in [0.15, 0.2) is 0 Å². The van der Waals surface area contributed by atoms with Crippen LogP contribution in [-0.4, -0.2) is 77.2 Å². The second kappa shape index (κ2) is 8.47. The van der Waals surface area contributed by atoms with Gasteiger partial charge >= 0.3 is 11.5 Å². The van der Waals surface area contributed by atoms with Crippen molar-refractivity contribution >= 4 is 53.1 Å². The van der Waals surface area contributed by atoms with Gasteiger partial charge in [0, 0.05) is 11.5 Å². The minimum atomic E-state index is -4.56. The Hall–Kier alpha value is -1.87. The Bertz CT molecular complexity index is 875. The molecular formula is C14H14F3N5O4S3. The predicted octanol–water partition coefficient (Wildman–Crippen LogP) is 1.20. The lowest BCUT2D eigenvalue weighted by atomic mass is 10.0. The number of aromatic amines is 1. The molecule has 1 aromatic heterocycles. The first-order chi connectivity index (χ1) is 13.6. The molecule has 0 aliphatic carbocycles. The minimum absolute atomic E-state index is 0.173. The maximum Gasteiger partial charge on any atom is 0.442 e. The Kier molecular flexibility index (Phi) is 6.38. The lowest BCUT2D eigenvalue weighted by Gasteiger charge is -2.49. The molecule has 9 nitrogen and oxygen atoms in total. The summed E-state index contributed by atoms with van der Waals surface area (Å²) < 4.78 is 36.6. The molecule has 0 spiro atoms. The number of hydrogen-bond donors (Lipinski definition) is 3. The first-order valence-corrected chi connectivity index (χ1v) is 11.0. The molecule has 15 heteroatoms. The van der Waals surface area contributed by atoms with Crippen LogP contribution in [0.25, 0.3) is 0 Å². The first kappa shape index (κ1) is 21.8. The van der Waals surface area contributed by atoms with Gasteiger partial charge in [-0.3, -0.25) is 19.6 Å². The summed E-state index contributed by atoms with van der Waals surface area (Å²) in [6.07, 6.45) is 0. The maximum absolute atomic E-state index is 12.4. The molecule has 1 aromatic rings. The Morgan fingerprint density at radius 3 is 2.76 bits per heavy atom. The number of nitrogens with one attached hydrogen (secondary N) is 2. The molecule has 0 bridgehead atoms. The summed E-state index contributed by atoms with van der Waals surface area (Å²) in [4.78, 5) is 41.0. The molecule has 29 heavy (non-hydrogen) atoms. The average Bonchev–Trinajstić information content (AvgIpc) is 3.06. The Labute approximate surface area is 174 Å². The highest BCUT2D eigenvalue weighted by atomic mass is 32.2. The molecule has 3 N–H and O–H groups in total. The number of hydrogen-bond acceptors (Lipinski definition) is 8. The molecular weight excluding hydrogens is 455 g/mol. The van der Waals surface area contributed by atoms with Crippen LogP contribution < -0.4 is 5.32 Å². The topological polar surface area (TPSA) is 128 Å². The number of carbonyl (C=O) groups is 3. The molecule has 158 valence electrons. The highest BCUT2D eigenvalue weighted by Gasteiger charge is 2.54. The minimum Gasteiger partial charge on any atom is -0.477 e. The van der Waals surface area contributed by atoms with Crippen LogP contribution in [0.2, 0.25) is 0 Å². The number of fused-ring (bicyclic) bond motifs is 1. The molecule has 2 aliphatic heterocycles. The van der Waals surface area contributed by atoms with Crippen LogP contribution in [0.3, 0.4) is 0 Å². The fourth-order valence-electron chi connectivity index (χ4n) is 2.70. The molecule has 2 amide bonds. The number of β-lactam (4-membered cyclic amide) rings is 1. The van der Waals surface area contributed by atoms with E-state index >= 15 is 0 Å². The first-order valence-electron chi connectivity index (χ1n) is 7.98. The third kappa shape index (κ3) is 5.01. The summed E-state index contributed by atoms with van der Waals surface area (Å²) in [5.74, 6) is -2.61.